The normalized spacial score (nSPS) is 12.4. The molecule has 4 nitrogen and oxygen atoms in total. The highest BCUT2D eigenvalue weighted by molar-refractivity contribution is 5.40. The molecule has 0 bridgehead atoms. The number of nitrogens with one attached hydrogen (secondary N) is 1. The number of hydrogen-bond acceptors (Lipinski definition) is 3. The Hall–Kier alpha value is -1.81. The zero-order valence-electron chi connectivity index (χ0n) is 12.7. The highest BCUT2D eigenvalue weighted by Gasteiger charge is 2.17. The number of methoxy groups -OCH3 is 1. The van der Waals surface area contributed by atoms with Crippen molar-refractivity contribution in [2.45, 2.75) is 26.3 Å². The first kappa shape index (κ1) is 14.6. The van der Waals surface area contributed by atoms with E-state index >= 15 is 0 Å². The lowest BCUT2D eigenvalue weighted by molar-refractivity contribution is 0.414. The van der Waals surface area contributed by atoms with Gasteiger partial charge in [0.2, 0.25) is 0 Å². The zero-order valence-corrected chi connectivity index (χ0v) is 12.7. The third-order valence-corrected chi connectivity index (χ3v) is 3.44. The molecule has 1 aromatic carbocycles. The summed E-state index contributed by atoms with van der Waals surface area (Å²) >= 11 is 0. The summed E-state index contributed by atoms with van der Waals surface area (Å²) in [4.78, 5) is 0. The van der Waals surface area contributed by atoms with Crippen LogP contribution in [0, 0.1) is 6.92 Å². The molecular weight excluding hydrogens is 250 g/mol. The van der Waals surface area contributed by atoms with Gasteiger partial charge in [0.05, 0.1) is 19.3 Å². The van der Waals surface area contributed by atoms with Gasteiger partial charge in [-0.1, -0.05) is 13.0 Å². The molecule has 1 unspecified atom stereocenters. The van der Waals surface area contributed by atoms with Gasteiger partial charge in [0.15, 0.2) is 0 Å². The van der Waals surface area contributed by atoms with E-state index in [4.69, 9.17) is 4.74 Å². The first-order valence-corrected chi connectivity index (χ1v) is 7.02. The minimum absolute atomic E-state index is 0.176. The maximum absolute atomic E-state index is 5.28. The molecule has 0 aliphatic heterocycles. The first-order chi connectivity index (χ1) is 9.65. The van der Waals surface area contributed by atoms with E-state index in [1.54, 1.807) is 7.11 Å². The number of benzene rings is 1. The van der Waals surface area contributed by atoms with Gasteiger partial charge in [-0.3, -0.25) is 4.68 Å². The molecule has 20 heavy (non-hydrogen) atoms. The Morgan fingerprint density at radius 2 is 2.20 bits per heavy atom. The fraction of sp³-hybridized carbons (Fsp3) is 0.438. The molecule has 1 heterocycles. The molecular formula is C16H23N3O. The highest BCUT2D eigenvalue weighted by Crippen LogP contribution is 2.27. The molecule has 0 aliphatic carbocycles. The lowest BCUT2D eigenvalue weighted by Gasteiger charge is -2.20. The van der Waals surface area contributed by atoms with E-state index < -0.39 is 0 Å². The van der Waals surface area contributed by atoms with Crippen molar-refractivity contribution in [2.75, 3.05) is 13.7 Å². The topological polar surface area (TPSA) is 39.1 Å². The molecule has 0 saturated carbocycles. The molecule has 2 aromatic rings. The minimum atomic E-state index is 0.176. The van der Waals surface area contributed by atoms with E-state index in [2.05, 4.69) is 42.6 Å². The fourth-order valence-corrected chi connectivity index (χ4v) is 2.38. The monoisotopic (exact) mass is 273 g/mol. The second-order valence-corrected chi connectivity index (χ2v) is 5.06. The fourth-order valence-electron chi connectivity index (χ4n) is 2.38. The SMILES string of the molecule is CCCNC(c1cnn(C)c1)c1ccc(OC)cc1C. The standard InChI is InChI=1S/C16H23N3O/c1-5-8-17-16(13-10-18-19(3)11-13)15-7-6-14(20-4)9-12(15)2/h6-7,9-11,16-17H,5,8H2,1-4H3. The van der Waals surface area contributed by atoms with Crippen molar-refractivity contribution >= 4 is 0 Å². The van der Waals surface area contributed by atoms with Crippen LogP contribution < -0.4 is 10.1 Å². The van der Waals surface area contributed by atoms with Gasteiger partial charge in [-0.25, -0.2) is 0 Å². The molecule has 0 saturated heterocycles. The lowest BCUT2D eigenvalue weighted by atomic mass is 9.96. The average molecular weight is 273 g/mol. The molecule has 0 spiro atoms. The van der Waals surface area contributed by atoms with E-state index in [9.17, 15) is 0 Å². The molecule has 2 rings (SSSR count). The summed E-state index contributed by atoms with van der Waals surface area (Å²) in [6.45, 7) is 5.27. The van der Waals surface area contributed by atoms with Crippen LogP contribution >= 0.6 is 0 Å². The molecule has 1 N–H and O–H groups in total. The summed E-state index contributed by atoms with van der Waals surface area (Å²) in [5.74, 6) is 0.895. The van der Waals surface area contributed by atoms with Crippen molar-refractivity contribution in [1.82, 2.24) is 15.1 Å². The van der Waals surface area contributed by atoms with Crippen molar-refractivity contribution in [1.29, 1.82) is 0 Å². The van der Waals surface area contributed by atoms with Crippen LogP contribution in [0.4, 0.5) is 0 Å². The Kier molecular flexibility index (Phi) is 4.79. The molecule has 0 radical (unpaired) electrons. The molecule has 0 amide bonds. The van der Waals surface area contributed by atoms with Crippen molar-refractivity contribution in [3.63, 3.8) is 0 Å². The van der Waals surface area contributed by atoms with E-state index in [1.807, 2.05) is 24.0 Å². The summed E-state index contributed by atoms with van der Waals surface area (Å²) < 4.78 is 7.13. The Balaban J connectivity index is 2.35. The van der Waals surface area contributed by atoms with Gasteiger partial charge in [-0.05, 0) is 43.1 Å². The van der Waals surface area contributed by atoms with Gasteiger partial charge < -0.3 is 10.1 Å². The van der Waals surface area contributed by atoms with E-state index in [-0.39, 0.29) is 6.04 Å². The van der Waals surface area contributed by atoms with E-state index in [0.717, 1.165) is 18.7 Å². The Labute approximate surface area is 120 Å². The van der Waals surface area contributed by atoms with Crippen LogP contribution in [0.1, 0.15) is 36.1 Å². The molecule has 0 aliphatic rings. The van der Waals surface area contributed by atoms with Crippen LogP contribution in [-0.2, 0) is 7.05 Å². The van der Waals surface area contributed by atoms with Gasteiger partial charge in [-0.15, -0.1) is 0 Å². The van der Waals surface area contributed by atoms with Crippen LogP contribution in [-0.4, -0.2) is 23.4 Å². The van der Waals surface area contributed by atoms with Crippen LogP contribution in [0.25, 0.3) is 0 Å². The van der Waals surface area contributed by atoms with Crippen LogP contribution in [0.3, 0.4) is 0 Å². The van der Waals surface area contributed by atoms with Crippen LogP contribution in [0.2, 0.25) is 0 Å². The van der Waals surface area contributed by atoms with Crippen molar-refractivity contribution in [2.24, 2.45) is 7.05 Å². The van der Waals surface area contributed by atoms with Crippen LogP contribution in [0.5, 0.6) is 5.75 Å². The summed E-state index contributed by atoms with van der Waals surface area (Å²) in [7, 11) is 3.64. The summed E-state index contributed by atoms with van der Waals surface area (Å²) in [5.41, 5.74) is 3.68. The number of aryl methyl sites for hydroxylation is 2. The number of ether oxygens (including phenoxy) is 1. The average Bonchev–Trinajstić information content (AvgIpc) is 2.87. The lowest BCUT2D eigenvalue weighted by Crippen LogP contribution is -2.23. The maximum atomic E-state index is 5.28. The Morgan fingerprint density at radius 1 is 1.40 bits per heavy atom. The van der Waals surface area contributed by atoms with Gasteiger partial charge in [0, 0.05) is 18.8 Å². The number of aromatic nitrogens is 2. The smallest absolute Gasteiger partial charge is 0.119 e. The molecule has 108 valence electrons. The number of hydrogen-bond donors (Lipinski definition) is 1. The van der Waals surface area contributed by atoms with E-state index in [0.29, 0.717) is 0 Å². The van der Waals surface area contributed by atoms with Gasteiger partial charge >= 0.3 is 0 Å². The van der Waals surface area contributed by atoms with Gasteiger partial charge in [0.1, 0.15) is 5.75 Å². The first-order valence-electron chi connectivity index (χ1n) is 7.02. The van der Waals surface area contributed by atoms with Crippen molar-refractivity contribution in [3.05, 3.63) is 47.3 Å². The minimum Gasteiger partial charge on any atom is -0.497 e. The molecule has 1 aromatic heterocycles. The van der Waals surface area contributed by atoms with Crippen molar-refractivity contribution in [3.8, 4) is 5.75 Å². The maximum Gasteiger partial charge on any atom is 0.119 e. The molecule has 0 fully saturated rings. The quantitative estimate of drug-likeness (QED) is 0.879. The Bertz CT molecular complexity index is 563. The van der Waals surface area contributed by atoms with Crippen LogP contribution in [0.15, 0.2) is 30.6 Å². The largest absolute Gasteiger partial charge is 0.497 e. The second-order valence-electron chi connectivity index (χ2n) is 5.06. The van der Waals surface area contributed by atoms with E-state index in [1.165, 1.54) is 16.7 Å². The second kappa shape index (κ2) is 6.57. The third kappa shape index (κ3) is 3.20. The summed E-state index contributed by atoms with van der Waals surface area (Å²) in [5, 5.41) is 7.89. The molecule has 1 atom stereocenters. The molecule has 4 heteroatoms. The van der Waals surface area contributed by atoms with Gasteiger partial charge in [-0.2, -0.15) is 5.10 Å². The Morgan fingerprint density at radius 3 is 2.75 bits per heavy atom. The number of nitrogens with zero attached hydrogens (tertiary/aromatic N) is 2. The highest BCUT2D eigenvalue weighted by atomic mass is 16.5. The third-order valence-electron chi connectivity index (χ3n) is 3.44. The number of rotatable bonds is 6. The predicted molar refractivity (Wildman–Crippen MR) is 81.1 cm³/mol. The predicted octanol–water partition coefficient (Wildman–Crippen LogP) is 2.83. The summed E-state index contributed by atoms with van der Waals surface area (Å²) in [6, 6.07) is 6.40. The van der Waals surface area contributed by atoms with Gasteiger partial charge in [0.25, 0.3) is 0 Å². The van der Waals surface area contributed by atoms with Crippen molar-refractivity contribution < 1.29 is 4.74 Å². The zero-order chi connectivity index (χ0) is 14.5. The summed E-state index contributed by atoms with van der Waals surface area (Å²) in [6.07, 6.45) is 5.10.